The summed E-state index contributed by atoms with van der Waals surface area (Å²) in [4.78, 5) is 16.0. The van der Waals surface area contributed by atoms with Crippen LogP contribution in [0.1, 0.15) is 37.6 Å². The molecular weight excluding hydrogens is 299 g/mol. The van der Waals surface area contributed by atoms with Crippen LogP contribution in [0.2, 0.25) is 0 Å². The van der Waals surface area contributed by atoms with E-state index in [1.54, 1.807) is 20.8 Å². The molecule has 22 heavy (non-hydrogen) atoms. The Kier molecular flexibility index (Phi) is 3.76. The molecule has 1 N–H and O–H groups in total. The van der Waals surface area contributed by atoms with E-state index in [4.69, 9.17) is 0 Å². The minimum absolute atomic E-state index is 0.0796. The zero-order valence-corrected chi connectivity index (χ0v) is 12.3. The van der Waals surface area contributed by atoms with Crippen LogP contribution >= 0.6 is 0 Å². The van der Waals surface area contributed by atoms with Gasteiger partial charge in [0.25, 0.3) is 11.6 Å². The highest BCUT2D eigenvalue weighted by Gasteiger charge is 2.64. The second-order valence-electron chi connectivity index (χ2n) is 6.15. The number of aromatic nitrogens is 1. The molecule has 1 aromatic heterocycles. The molecule has 1 amide bonds. The molecule has 0 aliphatic carbocycles. The number of amides is 1. The summed E-state index contributed by atoms with van der Waals surface area (Å²) in [6.45, 7) is 5.00. The molecular formula is C14H16F3N3O2. The van der Waals surface area contributed by atoms with E-state index in [9.17, 15) is 23.1 Å². The third-order valence-corrected chi connectivity index (χ3v) is 3.41. The number of hydrogen-bond donors (Lipinski definition) is 1. The van der Waals surface area contributed by atoms with Crippen molar-refractivity contribution in [3.05, 3.63) is 30.1 Å². The molecule has 1 aliphatic rings. The van der Waals surface area contributed by atoms with Crippen molar-refractivity contribution in [2.75, 3.05) is 0 Å². The number of rotatable bonds is 1. The Morgan fingerprint density at radius 1 is 1.36 bits per heavy atom. The number of carbonyl (C=O) groups excluding carboxylic acids is 1. The van der Waals surface area contributed by atoms with Gasteiger partial charge in [0.1, 0.15) is 0 Å². The molecule has 0 radical (unpaired) electrons. The van der Waals surface area contributed by atoms with Gasteiger partial charge in [-0.25, -0.2) is 0 Å². The summed E-state index contributed by atoms with van der Waals surface area (Å²) in [5, 5.41) is 14.0. The van der Waals surface area contributed by atoms with Gasteiger partial charge in [0.05, 0.1) is 5.56 Å². The number of nitrogens with zero attached hydrogens (tertiary/aromatic N) is 3. The fourth-order valence-corrected chi connectivity index (χ4v) is 2.01. The van der Waals surface area contributed by atoms with Crippen LogP contribution in [0.4, 0.5) is 13.2 Å². The van der Waals surface area contributed by atoms with E-state index in [1.165, 1.54) is 18.3 Å². The molecule has 0 spiro atoms. The lowest BCUT2D eigenvalue weighted by atomic mass is 9.86. The van der Waals surface area contributed by atoms with Gasteiger partial charge in [0.15, 0.2) is 0 Å². The standard InChI is InChI=1S/C14H16F3N3O2/c1-12(2,3)10-7-13(22,14(15,16)17)20(19-10)11(21)9-5-4-6-18-8-9/h4-6,8,22H,7H2,1-3H3/t13-/m1/s1. The third-order valence-electron chi connectivity index (χ3n) is 3.41. The Hall–Kier alpha value is -1.96. The van der Waals surface area contributed by atoms with Gasteiger partial charge in [-0.15, -0.1) is 0 Å². The monoisotopic (exact) mass is 315 g/mol. The van der Waals surface area contributed by atoms with Crippen LogP contribution in [0.3, 0.4) is 0 Å². The van der Waals surface area contributed by atoms with E-state index in [0.29, 0.717) is 0 Å². The van der Waals surface area contributed by atoms with Crippen LogP contribution < -0.4 is 0 Å². The second kappa shape index (κ2) is 5.05. The van der Waals surface area contributed by atoms with Crippen LogP contribution in [0.25, 0.3) is 0 Å². The van der Waals surface area contributed by atoms with E-state index >= 15 is 0 Å². The van der Waals surface area contributed by atoms with Gasteiger partial charge < -0.3 is 5.11 Å². The zero-order valence-electron chi connectivity index (χ0n) is 12.3. The average Bonchev–Trinajstić information content (AvgIpc) is 2.78. The fraction of sp³-hybridized carbons (Fsp3) is 0.500. The predicted molar refractivity (Wildman–Crippen MR) is 72.9 cm³/mol. The lowest BCUT2D eigenvalue weighted by molar-refractivity contribution is -0.297. The summed E-state index contributed by atoms with van der Waals surface area (Å²) < 4.78 is 39.9. The number of hydrazone groups is 1. The molecule has 1 aromatic rings. The Bertz CT molecular complexity index is 608. The van der Waals surface area contributed by atoms with Crippen LogP contribution in [0.15, 0.2) is 29.6 Å². The molecule has 0 aromatic carbocycles. The van der Waals surface area contributed by atoms with Gasteiger partial charge in [-0.3, -0.25) is 9.78 Å². The minimum Gasteiger partial charge on any atom is -0.362 e. The average molecular weight is 315 g/mol. The van der Waals surface area contributed by atoms with Crippen molar-refractivity contribution in [2.24, 2.45) is 10.5 Å². The first-order valence-corrected chi connectivity index (χ1v) is 6.58. The van der Waals surface area contributed by atoms with Gasteiger partial charge >= 0.3 is 6.18 Å². The zero-order chi connectivity index (χ0) is 16.8. The molecule has 0 unspecified atom stereocenters. The SMILES string of the molecule is CC(C)(C)C1=NN(C(=O)c2cccnc2)[C@](O)(C(F)(F)F)C1. The summed E-state index contributed by atoms with van der Waals surface area (Å²) in [5.41, 5.74) is -4.03. The van der Waals surface area contributed by atoms with Crippen molar-refractivity contribution in [2.45, 2.75) is 39.1 Å². The highest BCUT2D eigenvalue weighted by Crippen LogP contribution is 2.43. The maximum atomic E-state index is 13.3. The lowest BCUT2D eigenvalue weighted by Crippen LogP contribution is -2.56. The number of aliphatic hydroxyl groups is 1. The maximum absolute atomic E-state index is 13.3. The number of pyridine rings is 1. The Morgan fingerprint density at radius 3 is 2.45 bits per heavy atom. The molecule has 120 valence electrons. The van der Waals surface area contributed by atoms with E-state index in [2.05, 4.69) is 10.1 Å². The van der Waals surface area contributed by atoms with E-state index in [-0.39, 0.29) is 16.3 Å². The van der Waals surface area contributed by atoms with Crippen molar-refractivity contribution >= 4 is 11.6 Å². The van der Waals surface area contributed by atoms with Crippen molar-refractivity contribution in [1.82, 2.24) is 9.99 Å². The summed E-state index contributed by atoms with van der Waals surface area (Å²) in [5.74, 6) is -1.05. The minimum atomic E-state index is -5.03. The summed E-state index contributed by atoms with van der Waals surface area (Å²) in [6, 6.07) is 2.74. The Balaban J connectivity index is 2.48. The topological polar surface area (TPSA) is 65.8 Å². The van der Waals surface area contributed by atoms with Crippen molar-refractivity contribution < 1.29 is 23.1 Å². The molecule has 5 nitrogen and oxygen atoms in total. The number of alkyl halides is 3. The van der Waals surface area contributed by atoms with Gasteiger partial charge in [0, 0.05) is 29.9 Å². The van der Waals surface area contributed by atoms with Gasteiger partial charge in [-0.2, -0.15) is 23.3 Å². The second-order valence-corrected chi connectivity index (χ2v) is 6.15. The Labute approximate surface area is 125 Å². The van der Waals surface area contributed by atoms with Crippen molar-refractivity contribution in [3.63, 3.8) is 0 Å². The maximum Gasteiger partial charge on any atom is 0.438 e. The van der Waals surface area contributed by atoms with Crippen LogP contribution in [0.5, 0.6) is 0 Å². The fourth-order valence-electron chi connectivity index (χ4n) is 2.01. The first kappa shape index (κ1) is 16.4. The summed E-state index contributed by atoms with van der Waals surface area (Å²) >= 11 is 0. The van der Waals surface area contributed by atoms with E-state index < -0.39 is 29.6 Å². The molecule has 2 rings (SSSR count). The first-order valence-electron chi connectivity index (χ1n) is 6.58. The third kappa shape index (κ3) is 2.70. The first-order chi connectivity index (χ1) is 9.97. The molecule has 0 saturated carbocycles. The van der Waals surface area contributed by atoms with Gasteiger partial charge in [-0.1, -0.05) is 20.8 Å². The van der Waals surface area contributed by atoms with Crippen LogP contribution in [0, 0.1) is 5.41 Å². The van der Waals surface area contributed by atoms with Gasteiger partial charge in [-0.05, 0) is 12.1 Å². The summed E-state index contributed by atoms with van der Waals surface area (Å²) in [7, 11) is 0. The smallest absolute Gasteiger partial charge is 0.362 e. The number of halogens is 3. The quantitative estimate of drug-likeness (QED) is 0.866. The van der Waals surface area contributed by atoms with Crippen LogP contribution in [-0.4, -0.2) is 38.6 Å². The highest BCUT2D eigenvalue weighted by atomic mass is 19.4. The van der Waals surface area contributed by atoms with Crippen molar-refractivity contribution in [1.29, 1.82) is 0 Å². The van der Waals surface area contributed by atoms with Gasteiger partial charge in [0.2, 0.25) is 0 Å². The largest absolute Gasteiger partial charge is 0.438 e. The summed E-state index contributed by atoms with van der Waals surface area (Å²) in [6.07, 6.45) is -3.28. The molecule has 2 heterocycles. The number of hydrogen-bond acceptors (Lipinski definition) is 4. The molecule has 1 aliphatic heterocycles. The van der Waals surface area contributed by atoms with E-state index in [1.807, 2.05) is 0 Å². The number of carbonyl (C=O) groups is 1. The lowest BCUT2D eigenvalue weighted by Gasteiger charge is -2.32. The molecule has 0 fully saturated rings. The molecule has 1 atom stereocenters. The van der Waals surface area contributed by atoms with Crippen LogP contribution in [-0.2, 0) is 0 Å². The molecule has 0 saturated heterocycles. The molecule has 0 bridgehead atoms. The van der Waals surface area contributed by atoms with Crippen molar-refractivity contribution in [3.8, 4) is 0 Å². The normalized spacial score (nSPS) is 22.7. The highest BCUT2D eigenvalue weighted by molar-refractivity contribution is 5.99. The predicted octanol–water partition coefficient (Wildman–Crippen LogP) is 2.58. The van der Waals surface area contributed by atoms with E-state index in [0.717, 1.165) is 6.20 Å². The Morgan fingerprint density at radius 2 is 2.00 bits per heavy atom. The molecule has 8 heteroatoms.